The number of aromatic nitrogens is 3. The first kappa shape index (κ1) is 21.4. The predicted octanol–water partition coefficient (Wildman–Crippen LogP) is 6.06. The highest BCUT2D eigenvalue weighted by Gasteiger charge is 2.31. The second-order valence-electron chi connectivity index (χ2n) is 8.99. The van der Waals surface area contributed by atoms with E-state index in [1.165, 1.54) is 33.3 Å². The zero-order chi connectivity index (χ0) is 21.3. The molecule has 0 atom stereocenters. The third-order valence-corrected chi connectivity index (χ3v) is 7.02. The van der Waals surface area contributed by atoms with E-state index in [1.54, 1.807) is 17.7 Å². The van der Waals surface area contributed by atoms with Gasteiger partial charge >= 0.3 is 0 Å². The second kappa shape index (κ2) is 8.75. The van der Waals surface area contributed by atoms with Crippen molar-refractivity contribution in [3.05, 3.63) is 23.1 Å². The number of hydrogen-bond donors (Lipinski definition) is 0. The number of anilines is 1. The van der Waals surface area contributed by atoms with Crippen LogP contribution in [0.1, 0.15) is 77.1 Å². The largest absolute Gasteiger partial charge is 0.370 e. The first-order valence-electron chi connectivity index (χ1n) is 11.5. The predicted molar refractivity (Wildman–Crippen MR) is 127 cm³/mol. The molecule has 0 spiro atoms. The summed E-state index contributed by atoms with van der Waals surface area (Å²) in [6.45, 7) is 13.8. The summed E-state index contributed by atoms with van der Waals surface area (Å²) in [5, 5.41) is 1.23. The van der Waals surface area contributed by atoms with Gasteiger partial charge in [0, 0.05) is 36.2 Å². The first-order chi connectivity index (χ1) is 14.5. The zero-order valence-electron chi connectivity index (χ0n) is 19.0. The van der Waals surface area contributed by atoms with Crippen LogP contribution >= 0.6 is 11.3 Å². The molecule has 0 fully saturated rings. The summed E-state index contributed by atoms with van der Waals surface area (Å²) in [5.74, 6) is 1.07. The normalized spacial score (nSPS) is 15.6. The van der Waals surface area contributed by atoms with Crippen LogP contribution in [0.2, 0.25) is 0 Å². The summed E-state index contributed by atoms with van der Waals surface area (Å²) < 4.78 is 7.38. The number of thiophene rings is 1. The molecule has 0 saturated heterocycles. The van der Waals surface area contributed by atoms with E-state index in [0.29, 0.717) is 6.61 Å². The molecule has 1 aliphatic heterocycles. The Labute approximate surface area is 183 Å². The van der Waals surface area contributed by atoms with Crippen LogP contribution in [0.15, 0.2) is 6.33 Å². The molecule has 0 aliphatic carbocycles. The summed E-state index contributed by atoms with van der Waals surface area (Å²) >= 11 is 1.77. The minimum atomic E-state index is -0.163. The highest BCUT2D eigenvalue weighted by Crippen LogP contribution is 2.43. The minimum Gasteiger partial charge on any atom is -0.370 e. The Morgan fingerprint density at radius 2 is 1.83 bits per heavy atom. The SMILES string of the molecule is CCCCc1nc2sc3c(N(CCC)CCC)ncnc3c2c2c1COC(C)(C)C2. The van der Waals surface area contributed by atoms with Gasteiger partial charge in [-0.2, -0.15) is 0 Å². The van der Waals surface area contributed by atoms with E-state index in [1.807, 2.05) is 0 Å². The third-order valence-electron chi connectivity index (χ3n) is 5.95. The van der Waals surface area contributed by atoms with Gasteiger partial charge in [-0.3, -0.25) is 0 Å². The minimum absolute atomic E-state index is 0.163. The number of aryl methyl sites for hydroxylation is 1. The number of rotatable bonds is 8. The fourth-order valence-corrected chi connectivity index (χ4v) is 5.70. The first-order valence-corrected chi connectivity index (χ1v) is 12.3. The molecule has 3 aromatic heterocycles. The number of hydrogen-bond acceptors (Lipinski definition) is 6. The maximum Gasteiger partial charge on any atom is 0.150 e. The molecule has 4 rings (SSSR count). The molecule has 4 heterocycles. The molecule has 30 heavy (non-hydrogen) atoms. The molecule has 3 aromatic rings. The van der Waals surface area contributed by atoms with Crippen molar-refractivity contribution in [2.45, 2.75) is 85.4 Å². The van der Waals surface area contributed by atoms with Gasteiger partial charge in [0.15, 0.2) is 0 Å². The van der Waals surface area contributed by atoms with E-state index < -0.39 is 0 Å². The summed E-state index contributed by atoms with van der Waals surface area (Å²) in [7, 11) is 0. The van der Waals surface area contributed by atoms with Crippen molar-refractivity contribution in [3.8, 4) is 0 Å². The Kier molecular flexibility index (Phi) is 6.26. The van der Waals surface area contributed by atoms with Gasteiger partial charge in [-0.1, -0.05) is 27.2 Å². The average molecular weight is 427 g/mol. The molecule has 162 valence electrons. The molecule has 0 bridgehead atoms. The summed E-state index contributed by atoms with van der Waals surface area (Å²) in [5.41, 5.74) is 4.82. The Bertz CT molecular complexity index is 1040. The van der Waals surface area contributed by atoms with Gasteiger partial charge in [0.1, 0.15) is 17.0 Å². The summed E-state index contributed by atoms with van der Waals surface area (Å²) in [4.78, 5) is 18.2. The fourth-order valence-electron chi connectivity index (χ4n) is 4.50. The molecule has 0 amide bonds. The van der Waals surface area contributed by atoms with Crippen molar-refractivity contribution in [1.82, 2.24) is 15.0 Å². The number of pyridine rings is 1. The van der Waals surface area contributed by atoms with Crippen molar-refractivity contribution in [3.63, 3.8) is 0 Å². The van der Waals surface area contributed by atoms with E-state index in [2.05, 4.69) is 39.5 Å². The monoisotopic (exact) mass is 426 g/mol. The van der Waals surface area contributed by atoms with Gasteiger partial charge in [0.25, 0.3) is 0 Å². The Hall–Kier alpha value is -1.79. The van der Waals surface area contributed by atoms with Gasteiger partial charge in [-0.25, -0.2) is 15.0 Å². The fraction of sp³-hybridized carbons (Fsp3) is 0.625. The zero-order valence-corrected chi connectivity index (χ0v) is 19.9. The Morgan fingerprint density at radius 1 is 1.07 bits per heavy atom. The van der Waals surface area contributed by atoms with Crippen LogP contribution in [-0.4, -0.2) is 33.6 Å². The summed E-state index contributed by atoms with van der Waals surface area (Å²) in [6.07, 6.45) is 8.21. The topological polar surface area (TPSA) is 51.1 Å². The Morgan fingerprint density at radius 3 is 2.53 bits per heavy atom. The van der Waals surface area contributed by atoms with Crippen LogP contribution in [0.3, 0.4) is 0 Å². The molecule has 0 radical (unpaired) electrons. The molecule has 0 saturated carbocycles. The Balaban J connectivity index is 1.96. The lowest BCUT2D eigenvalue weighted by Crippen LogP contribution is -2.32. The average Bonchev–Trinajstić information content (AvgIpc) is 3.09. The lowest BCUT2D eigenvalue weighted by molar-refractivity contribution is -0.0401. The van der Waals surface area contributed by atoms with E-state index in [-0.39, 0.29) is 5.60 Å². The maximum atomic E-state index is 6.20. The third kappa shape index (κ3) is 3.92. The molecule has 1 aliphatic rings. The smallest absolute Gasteiger partial charge is 0.150 e. The quantitative estimate of drug-likeness (QED) is 0.438. The van der Waals surface area contributed by atoms with Gasteiger partial charge in [-0.05, 0) is 45.1 Å². The van der Waals surface area contributed by atoms with E-state index in [0.717, 1.165) is 61.4 Å². The van der Waals surface area contributed by atoms with Crippen molar-refractivity contribution in [2.75, 3.05) is 18.0 Å². The number of nitrogens with zero attached hydrogens (tertiary/aromatic N) is 4. The second-order valence-corrected chi connectivity index (χ2v) is 9.99. The van der Waals surface area contributed by atoms with Crippen LogP contribution in [0.5, 0.6) is 0 Å². The highest BCUT2D eigenvalue weighted by molar-refractivity contribution is 7.26. The molecule has 6 heteroatoms. The molecule has 5 nitrogen and oxygen atoms in total. The van der Waals surface area contributed by atoms with E-state index in [4.69, 9.17) is 19.7 Å². The molecule has 0 N–H and O–H groups in total. The van der Waals surface area contributed by atoms with E-state index >= 15 is 0 Å². The lowest BCUT2D eigenvalue weighted by atomic mass is 9.88. The van der Waals surface area contributed by atoms with Crippen LogP contribution in [0.4, 0.5) is 5.82 Å². The maximum absolute atomic E-state index is 6.20. The van der Waals surface area contributed by atoms with Crippen LogP contribution < -0.4 is 4.90 Å². The van der Waals surface area contributed by atoms with Crippen molar-refractivity contribution < 1.29 is 4.74 Å². The molecule has 0 unspecified atom stereocenters. The number of unbranched alkanes of at least 4 members (excludes halogenated alkanes) is 1. The van der Waals surface area contributed by atoms with Gasteiger partial charge in [0.05, 0.1) is 22.4 Å². The lowest BCUT2D eigenvalue weighted by Gasteiger charge is -2.33. The standard InChI is InChI=1S/C24H34N4OS/c1-6-9-10-18-17-14-29-24(4,5)13-16(17)19-20-21(30-23(19)27-18)22(26-15-25-20)28(11-7-2)12-8-3/h15H,6-14H2,1-5H3. The van der Waals surface area contributed by atoms with E-state index in [9.17, 15) is 0 Å². The molecular formula is C24H34N4OS. The number of fused-ring (bicyclic) bond motifs is 5. The number of ether oxygens (including phenoxy) is 1. The molecule has 0 aromatic carbocycles. The highest BCUT2D eigenvalue weighted by atomic mass is 32.1. The van der Waals surface area contributed by atoms with Crippen LogP contribution in [0, 0.1) is 0 Å². The summed E-state index contributed by atoms with van der Waals surface area (Å²) in [6, 6.07) is 0. The molecular weight excluding hydrogens is 392 g/mol. The van der Waals surface area contributed by atoms with Gasteiger partial charge in [0.2, 0.25) is 0 Å². The van der Waals surface area contributed by atoms with Crippen molar-refractivity contribution >= 4 is 37.6 Å². The van der Waals surface area contributed by atoms with Crippen LogP contribution in [-0.2, 0) is 24.2 Å². The van der Waals surface area contributed by atoms with Crippen molar-refractivity contribution in [2.24, 2.45) is 0 Å². The van der Waals surface area contributed by atoms with Gasteiger partial charge < -0.3 is 9.64 Å². The van der Waals surface area contributed by atoms with Gasteiger partial charge in [-0.15, -0.1) is 11.3 Å². The van der Waals surface area contributed by atoms with Crippen LogP contribution in [0.25, 0.3) is 20.4 Å². The van der Waals surface area contributed by atoms with Crippen molar-refractivity contribution in [1.29, 1.82) is 0 Å².